The molecule has 3 aromatic rings. The maximum Gasteiger partial charge on any atom is 0.322 e. The zero-order chi connectivity index (χ0) is 31.1. The van der Waals surface area contributed by atoms with Crippen LogP contribution >= 0.6 is 0 Å². The summed E-state index contributed by atoms with van der Waals surface area (Å²) in [5, 5.41) is 21.3. The molecule has 0 saturated carbocycles. The van der Waals surface area contributed by atoms with E-state index in [1.165, 1.54) is 0 Å². The van der Waals surface area contributed by atoms with Crippen LogP contribution in [0.1, 0.15) is 50.3 Å². The van der Waals surface area contributed by atoms with Crippen molar-refractivity contribution in [3.05, 3.63) is 84.1 Å². The number of carboxylic acid groups (broad SMARTS) is 1. The number of amides is 1. The zero-order valence-electron chi connectivity index (χ0n) is 25.1. The van der Waals surface area contributed by atoms with Crippen molar-refractivity contribution in [2.75, 3.05) is 24.5 Å². The van der Waals surface area contributed by atoms with Gasteiger partial charge in [0.25, 0.3) is 0 Å². The van der Waals surface area contributed by atoms with Gasteiger partial charge in [-0.2, -0.15) is 0 Å². The lowest BCUT2D eigenvalue weighted by Gasteiger charge is -2.36. The van der Waals surface area contributed by atoms with Crippen LogP contribution in [0.5, 0.6) is 0 Å². The number of aromatic nitrogens is 1. The Morgan fingerprint density at radius 2 is 1.80 bits per heavy atom. The quantitative estimate of drug-likeness (QED) is 0.297. The summed E-state index contributed by atoms with van der Waals surface area (Å²) in [4.78, 5) is 40.4. The minimum atomic E-state index is -1.12. The molecule has 1 aromatic heterocycles. The van der Waals surface area contributed by atoms with E-state index in [1.807, 2.05) is 42.5 Å². The van der Waals surface area contributed by atoms with Gasteiger partial charge in [-0.15, -0.1) is 0 Å². The van der Waals surface area contributed by atoms with Crippen molar-refractivity contribution in [1.82, 2.24) is 10.3 Å². The highest BCUT2D eigenvalue weighted by Crippen LogP contribution is 2.30. The fourth-order valence-electron chi connectivity index (χ4n) is 5.52. The Morgan fingerprint density at radius 1 is 1.07 bits per heavy atom. The van der Waals surface area contributed by atoms with Crippen LogP contribution in [-0.2, 0) is 20.9 Å². The van der Waals surface area contributed by atoms with Crippen LogP contribution in [0.4, 0.5) is 5.69 Å². The van der Waals surface area contributed by atoms with E-state index >= 15 is 0 Å². The van der Waals surface area contributed by atoms with Crippen molar-refractivity contribution >= 4 is 29.6 Å². The Labute approximate surface area is 257 Å². The molecule has 0 radical (unpaired) electrons. The SMILES string of the molecule is CC(O)c1ccc(-c2ccc(N3CCC(CC4=NC(C(=O)NCC(=O)O)C(C)(OCc5ccccc5)C=N4)CC3)cc2)nc1. The van der Waals surface area contributed by atoms with Gasteiger partial charge in [-0.05, 0) is 61.9 Å². The maximum atomic E-state index is 13.1. The molecule has 1 saturated heterocycles. The number of piperidine rings is 1. The van der Waals surface area contributed by atoms with Gasteiger partial charge in [0.05, 0.1) is 18.4 Å². The molecule has 3 unspecified atom stereocenters. The fraction of sp³-hybridized carbons (Fsp3) is 0.382. The molecule has 0 aliphatic carbocycles. The molecule has 2 aliphatic heterocycles. The summed E-state index contributed by atoms with van der Waals surface area (Å²) in [6.45, 7) is 5.05. The monoisotopic (exact) mass is 597 g/mol. The van der Waals surface area contributed by atoms with E-state index < -0.39 is 36.2 Å². The molecule has 0 spiro atoms. The van der Waals surface area contributed by atoms with E-state index in [9.17, 15) is 14.7 Å². The number of aliphatic imine (C=N–C) groups is 2. The van der Waals surface area contributed by atoms with E-state index in [0.717, 1.165) is 54.0 Å². The number of aliphatic hydroxyl groups excluding tert-OH is 1. The largest absolute Gasteiger partial charge is 0.480 e. The molecule has 10 heteroatoms. The number of nitrogens with one attached hydrogen (secondary N) is 1. The maximum absolute atomic E-state index is 13.1. The standard InChI is InChI=1S/C34H39N5O5/c1-23(40)27-10-13-29(35-19-27)26-8-11-28(12-9-26)39-16-14-24(15-17-39)18-30-37-22-34(2,44-21-25-6-4-3-5-7-25)32(38-30)33(43)36-20-31(41)42/h3-13,19,22-24,32,40H,14-18,20-21H2,1-2H3,(H,36,43)(H,41,42). The molecule has 0 bridgehead atoms. The van der Waals surface area contributed by atoms with Crippen LogP contribution in [0.25, 0.3) is 11.3 Å². The number of amidine groups is 1. The van der Waals surface area contributed by atoms with Crippen molar-refractivity contribution in [3.8, 4) is 11.3 Å². The molecule has 1 fully saturated rings. The number of nitrogens with zero attached hydrogens (tertiary/aromatic N) is 4. The van der Waals surface area contributed by atoms with Crippen LogP contribution < -0.4 is 10.2 Å². The van der Waals surface area contributed by atoms with Gasteiger partial charge in [0.1, 0.15) is 18.0 Å². The average molecular weight is 598 g/mol. The highest BCUT2D eigenvalue weighted by Gasteiger charge is 2.42. The Kier molecular flexibility index (Phi) is 9.82. The van der Waals surface area contributed by atoms with Crippen LogP contribution in [-0.4, -0.2) is 70.4 Å². The van der Waals surface area contributed by atoms with Gasteiger partial charge in [0, 0.05) is 43.2 Å². The highest BCUT2D eigenvalue weighted by atomic mass is 16.5. The van der Waals surface area contributed by atoms with Crippen molar-refractivity contribution in [1.29, 1.82) is 0 Å². The molecule has 3 atom stereocenters. The summed E-state index contributed by atoms with van der Waals surface area (Å²) >= 11 is 0. The number of aliphatic hydroxyl groups is 1. The zero-order valence-corrected chi connectivity index (χ0v) is 25.1. The van der Waals surface area contributed by atoms with Crippen molar-refractivity contribution in [2.45, 2.75) is 57.5 Å². The Bertz CT molecular complexity index is 1480. The molecule has 2 aliphatic rings. The molecule has 230 valence electrons. The summed E-state index contributed by atoms with van der Waals surface area (Å²) in [5.74, 6) is -0.684. The second kappa shape index (κ2) is 13.9. The van der Waals surface area contributed by atoms with Gasteiger partial charge >= 0.3 is 5.97 Å². The minimum absolute atomic E-state index is 0.266. The van der Waals surface area contributed by atoms with Gasteiger partial charge in [0.15, 0.2) is 6.04 Å². The number of benzene rings is 2. The van der Waals surface area contributed by atoms with E-state index in [1.54, 1.807) is 26.3 Å². The number of ether oxygens (including phenoxy) is 1. The topological polar surface area (TPSA) is 137 Å². The third kappa shape index (κ3) is 7.75. The molecule has 44 heavy (non-hydrogen) atoms. The molecule has 3 heterocycles. The van der Waals surface area contributed by atoms with Crippen molar-refractivity contribution < 1.29 is 24.5 Å². The van der Waals surface area contributed by atoms with E-state index in [4.69, 9.17) is 14.8 Å². The number of aliphatic carboxylic acids is 1. The second-order valence-corrected chi connectivity index (χ2v) is 11.6. The number of anilines is 1. The van der Waals surface area contributed by atoms with E-state index in [2.05, 4.69) is 44.5 Å². The number of rotatable bonds is 11. The molecule has 10 nitrogen and oxygen atoms in total. The smallest absolute Gasteiger partial charge is 0.322 e. The summed E-state index contributed by atoms with van der Waals surface area (Å²) in [5.41, 5.74) is 3.67. The first-order valence-electron chi connectivity index (χ1n) is 15.0. The number of pyridine rings is 1. The first-order chi connectivity index (χ1) is 21.2. The van der Waals surface area contributed by atoms with Crippen LogP contribution in [0.3, 0.4) is 0 Å². The van der Waals surface area contributed by atoms with Crippen molar-refractivity contribution in [3.63, 3.8) is 0 Å². The van der Waals surface area contributed by atoms with Crippen molar-refractivity contribution in [2.24, 2.45) is 15.9 Å². The first kappa shape index (κ1) is 31.0. The van der Waals surface area contributed by atoms with Crippen LogP contribution in [0.2, 0.25) is 0 Å². The summed E-state index contributed by atoms with van der Waals surface area (Å²) in [6.07, 6.45) is 5.36. The number of carboxylic acids is 1. The minimum Gasteiger partial charge on any atom is -0.480 e. The van der Waals surface area contributed by atoms with Crippen LogP contribution in [0.15, 0.2) is 82.9 Å². The third-order valence-corrected chi connectivity index (χ3v) is 8.23. The number of carbonyl (C=O) groups is 2. The molecule has 2 aromatic carbocycles. The third-order valence-electron chi connectivity index (χ3n) is 8.23. The van der Waals surface area contributed by atoms with Gasteiger partial charge in [-0.3, -0.25) is 19.6 Å². The molecule has 1 amide bonds. The average Bonchev–Trinajstić information content (AvgIpc) is 3.04. The normalized spacial score (nSPS) is 21.0. The molecule has 3 N–H and O–H groups in total. The highest BCUT2D eigenvalue weighted by molar-refractivity contribution is 6.01. The predicted molar refractivity (Wildman–Crippen MR) is 170 cm³/mol. The first-order valence-corrected chi connectivity index (χ1v) is 15.0. The summed E-state index contributed by atoms with van der Waals surface area (Å²) in [6, 6.07) is 20.9. The van der Waals surface area contributed by atoms with Gasteiger partial charge in [-0.25, -0.2) is 4.99 Å². The number of hydrogen-bond donors (Lipinski definition) is 3. The Morgan fingerprint density at radius 3 is 2.43 bits per heavy atom. The predicted octanol–water partition coefficient (Wildman–Crippen LogP) is 4.44. The number of carbonyl (C=O) groups excluding carboxylic acids is 1. The molecule has 5 rings (SSSR count). The van der Waals surface area contributed by atoms with E-state index in [0.29, 0.717) is 18.2 Å². The molecular formula is C34H39N5O5. The van der Waals surface area contributed by atoms with E-state index in [-0.39, 0.29) is 6.61 Å². The summed E-state index contributed by atoms with van der Waals surface area (Å²) in [7, 11) is 0. The molecular weight excluding hydrogens is 558 g/mol. The lowest BCUT2D eigenvalue weighted by molar-refractivity contribution is -0.139. The summed E-state index contributed by atoms with van der Waals surface area (Å²) < 4.78 is 6.16. The van der Waals surface area contributed by atoms with Gasteiger partial charge in [-0.1, -0.05) is 48.5 Å². The second-order valence-electron chi connectivity index (χ2n) is 11.6. The van der Waals surface area contributed by atoms with Gasteiger partial charge in [0.2, 0.25) is 5.91 Å². The van der Waals surface area contributed by atoms with Crippen LogP contribution in [0, 0.1) is 5.92 Å². The number of hydrogen-bond acceptors (Lipinski definition) is 8. The fourth-order valence-corrected chi connectivity index (χ4v) is 5.52. The lowest BCUT2D eigenvalue weighted by Crippen LogP contribution is -2.54. The Hall–Kier alpha value is -4.41. The van der Waals surface area contributed by atoms with Gasteiger partial charge < -0.3 is 25.2 Å². The Balaban J connectivity index is 1.19. The lowest BCUT2D eigenvalue weighted by atomic mass is 9.91.